The van der Waals surface area contributed by atoms with Crippen molar-refractivity contribution in [3.8, 4) is 0 Å². The number of phosphoric ester groups is 2. The molecule has 0 radical (unpaired) electrons. The number of esters is 4. The maximum Gasteiger partial charge on any atom is 0.472 e. The fourth-order valence-corrected chi connectivity index (χ4v) is 11.2. The second-order valence-electron chi connectivity index (χ2n) is 25.2. The molecular formula is C65H126O17P2. The van der Waals surface area contributed by atoms with Crippen LogP contribution >= 0.6 is 15.6 Å². The van der Waals surface area contributed by atoms with Gasteiger partial charge in [0.15, 0.2) is 12.2 Å². The lowest BCUT2D eigenvalue weighted by molar-refractivity contribution is -0.161. The van der Waals surface area contributed by atoms with Gasteiger partial charge >= 0.3 is 39.5 Å². The van der Waals surface area contributed by atoms with Crippen LogP contribution in [-0.4, -0.2) is 96.7 Å². The summed E-state index contributed by atoms with van der Waals surface area (Å²) in [6, 6.07) is 0. The van der Waals surface area contributed by atoms with Gasteiger partial charge in [-0.1, -0.05) is 261 Å². The molecule has 0 saturated heterocycles. The zero-order valence-electron chi connectivity index (χ0n) is 54.5. The molecule has 0 rings (SSSR count). The molecule has 498 valence electrons. The molecule has 3 unspecified atom stereocenters. The van der Waals surface area contributed by atoms with Crippen molar-refractivity contribution in [1.82, 2.24) is 0 Å². The van der Waals surface area contributed by atoms with Crippen LogP contribution in [0.5, 0.6) is 0 Å². The van der Waals surface area contributed by atoms with Crippen molar-refractivity contribution in [2.75, 3.05) is 39.6 Å². The summed E-state index contributed by atoms with van der Waals surface area (Å²) >= 11 is 0. The highest BCUT2D eigenvalue weighted by Gasteiger charge is 2.30. The number of ether oxygens (including phenoxy) is 4. The second-order valence-corrected chi connectivity index (χ2v) is 28.1. The first-order valence-corrected chi connectivity index (χ1v) is 36.7. The van der Waals surface area contributed by atoms with E-state index in [4.69, 9.17) is 37.0 Å². The Morgan fingerprint density at radius 3 is 0.845 bits per heavy atom. The molecule has 0 fully saturated rings. The van der Waals surface area contributed by atoms with Crippen molar-refractivity contribution in [1.29, 1.82) is 0 Å². The molecule has 0 aliphatic heterocycles. The minimum atomic E-state index is -4.95. The number of hydrogen-bond donors (Lipinski definition) is 3. The maximum atomic E-state index is 13.0. The molecule has 0 heterocycles. The zero-order chi connectivity index (χ0) is 62.5. The predicted octanol–water partition coefficient (Wildman–Crippen LogP) is 17.8. The van der Waals surface area contributed by atoms with Crippen molar-refractivity contribution in [2.45, 2.75) is 331 Å². The number of aliphatic hydroxyl groups is 1. The molecule has 6 atom stereocenters. The van der Waals surface area contributed by atoms with E-state index in [-0.39, 0.29) is 25.7 Å². The van der Waals surface area contributed by atoms with Crippen LogP contribution in [0, 0.1) is 23.7 Å². The maximum absolute atomic E-state index is 13.0. The van der Waals surface area contributed by atoms with E-state index in [0.29, 0.717) is 31.6 Å². The molecule has 0 saturated carbocycles. The van der Waals surface area contributed by atoms with Crippen LogP contribution in [-0.2, 0) is 65.4 Å². The van der Waals surface area contributed by atoms with E-state index in [1.54, 1.807) is 0 Å². The molecule has 0 spiro atoms. The van der Waals surface area contributed by atoms with E-state index in [2.05, 4.69) is 55.4 Å². The van der Waals surface area contributed by atoms with Gasteiger partial charge in [0.2, 0.25) is 0 Å². The molecule has 84 heavy (non-hydrogen) atoms. The SMILES string of the molecule is CCC(C)CCCCCCCCC(=O)O[C@H](COC(=O)CCCCCCCCCCCC(C)C)COP(=O)(O)OC[C@@H](O)COP(=O)(O)OC[C@@H](COC(=O)CCCCCCCCC(C)C)OC(=O)CCCCCCCCCCCCC(C)C. The quantitative estimate of drug-likeness (QED) is 0.0222. The highest BCUT2D eigenvalue weighted by atomic mass is 31.2. The summed E-state index contributed by atoms with van der Waals surface area (Å²) in [5, 5.41) is 10.5. The predicted molar refractivity (Wildman–Crippen MR) is 335 cm³/mol. The van der Waals surface area contributed by atoms with E-state index < -0.39 is 97.5 Å². The Morgan fingerprint density at radius 1 is 0.333 bits per heavy atom. The van der Waals surface area contributed by atoms with E-state index >= 15 is 0 Å². The third-order valence-electron chi connectivity index (χ3n) is 15.2. The summed E-state index contributed by atoms with van der Waals surface area (Å²) in [5.41, 5.74) is 0. The topological polar surface area (TPSA) is 237 Å². The Hall–Kier alpha value is -1.94. The smallest absolute Gasteiger partial charge is 0.462 e. The molecule has 19 heteroatoms. The zero-order valence-corrected chi connectivity index (χ0v) is 56.3. The standard InChI is InChI=1S/C65H126O17P2/c1-9-58(8)44-36-28-22-24-32-40-48-65(70)82-61(51-75-62(67)45-37-29-19-16-12-14-18-26-34-42-56(4)5)54-80-84(73,74)78-50-59(66)49-77-83(71,72)79-53-60(52-76-63(68)46-38-30-23-21-27-35-43-57(6)7)81-64(69)47-39-31-20-15-11-10-13-17-25-33-41-55(2)3/h55-61,66H,9-54H2,1-8H3,(H,71,72)(H,73,74)/t58?,59-,60+,61+/m0/s1. The largest absolute Gasteiger partial charge is 0.472 e. The van der Waals surface area contributed by atoms with Gasteiger partial charge in [0.1, 0.15) is 19.3 Å². The number of carbonyl (C=O) groups excluding carboxylic acids is 4. The first-order valence-electron chi connectivity index (χ1n) is 33.7. The lowest BCUT2D eigenvalue weighted by Gasteiger charge is -2.21. The van der Waals surface area contributed by atoms with Crippen molar-refractivity contribution < 1.29 is 80.2 Å². The van der Waals surface area contributed by atoms with Gasteiger partial charge in [0, 0.05) is 25.7 Å². The fourth-order valence-electron chi connectivity index (χ4n) is 9.57. The molecule has 0 bridgehead atoms. The van der Waals surface area contributed by atoms with Crippen LogP contribution in [0.2, 0.25) is 0 Å². The van der Waals surface area contributed by atoms with Gasteiger partial charge in [0.05, 0.1) is 26.4 Å². The third kappa shape index (κ3) is 57.8. The monoisotopic (exact) mass is 1240 g/mol. The first kappa shape index (κ1) is 82.1. The summed E-state index contributed by atoms with van der Waals surface area (Å²) < 4.78 is 68.0. The van der Waals surface area contributed by atoms with Gasteiger partial charge in [-0.25, -0.2) is 9.13 Å². The van der Waals surface area contributed by atoms with Crippen molar-refractivity contribution in [3.05, 3.63) is 0 Å². The minimum Gasteiger partial charge on any atom is -0.462 e. The van der Waals surface area contributed by atoms with Crippen LogP contribution in [0.4, 0.5) is 0 Å². The summed E-state index contributed by atoms with van der Waals surface area (Å²) in [7, 11) is -9.89. The third-order valence-corrected chi connectivity index (χ3v) is 17.1. The van der Waals surface area contributed by atoms with Gasteiger partial charge in [0.25, 0.3) is 0 Å². The molecule has 17 nitrogen and oxygen atoms in total. The second kappa shape index (κ2) is 55.2. The summed E-state index contributed by atoms with van der Waals surface area (Å²) in [5.74, 6) is 0.754. The van der Waals surface area contributed by atoms with Gasteiger partial charge in [-0.15, -0.1) is 0 Å². The van der Waals surface area contributed by atoms with Crippen molar-refractivity contribution >= 4 is 39.5 Å². The Labute approximate surface area is 511 Å². The van der Waals surface area contributed by atoms with Crippen LogP contribution in [0.25, 0.3) is 0 Å². The summed E-state index contributed by atoms with van der Waals surface area (Å²) in [6.45, 7) is 13.9. The summed E-state index contributed by atoms with van der Waals surface area (Å²) in [6.07, 6.45) is 35.0. The fraction of sp³-hybridized carbons (Fsp3) is 0.938. The molecule has 0 aliphatic rings. The highest BCUT2D eigenvalue weighted by molar-refractivity contribution is 7.47. The molecule has 0 aromatic heterocycles. The number of phosphoric acid groups is 2. The lowest BCUT2D eigenvalue weighted by Crippen LogP contribution is -2.30. The number of aliphatic hydroxyl groups excluding tert-OH is 1. The van der Waals surface area contributed by atoms with Gasteiger partial charge in [-0.05, 0) is 49.4 Å². The minimum absolute atomic E-state index is 0.102. The lowest BCUT2D eigenvalue weighted by atomic mass is 10.00. The Morgan fingerprint density at radius 2 is 0.571 bits per heavy atom. The van der Waals surface area contributed by atoms with Gasteiger partial charge < -0.3 is 33.8 Å². The van der Waals surface area contributed by atoms with E-state index in [1.807, 2.05) is 0 Å². The van der Waals surface area contributed by atoms with E-state index in [0.717, 1.165) is 114 Å². The van der Waals surface area contributed by atoms with Gasteiger partial charge in [-0.2, -0.15) is 0 Å². The van der Waals surface area contributed by atoms with Gasteiger partial charge in [-0.3, -0.25) is 37.3 Å². The van der Waals surface area contributed by atoms with Crippen LogP contribution in [0.1, 0.15) is 312 Å². The average molecular weight is 1240 g/mol. The highest BCUT2D eigenvalue weighted by Crippen LogP contribution is 2.45. The van der Waals surface area contributed by atoms with E-state index in [9.17, 15) is 43.2 Å². The Balaban J connectivity index is 5.25. The molecule has 0 amide bonds. The average Bonchev–Trinajstić information content (AvgIpc) is 3.52. The molecule has 0 aromatic rings. The first-order chi connectivity index (χ1) is 40.1. The van der Waals surface area contributed by atoms with Crippen LogP contribution in [0.15, 0.2) is 0 Å². The number of unbranched alkanes of at least 4 members (excludes halogenated alkanes) is 27. The molecule has 3 N–H and O–H groups in total. The molecular weight excluding hydrogens is 1110 g/mol. The van der Waals surface area contributed by atoms with E-state index in [1.165, 1.54) is 109 Å². The summed E-state index contributed by atoms with van der Waals surface area (Å²) in [4.78, 5) is 72.2. The van der Waals surface area contributed by atoms with Crippen LogP contribution in [0.3, 0.4) is 0 Å². The van der Waals surface area contributed by atoms with Crippen molar-refractivity contribution in [2.24, 2.45) is 23.7 Å². The molecule has 0 aromatic carbocycles. The Kier molecular flexibility index (Phi) is 53.9. The Bertz CT molecular complexity index is 1680. The number of carbonyl (C=O) groups is 4. The number of rotatable bonds is 62. The molecule has 0 aliphatic carbocycles. The normalized spacial score (nSPS) is 14.7. The van der Waals surface area contributed by atoms with Crippen molar-refractivity contribution in [3.63, 3.8) is 0 Å². The number of hydrogen-bond acceptors (Lipinski definition) is 15. The van der Waals surface area contributed by atoms with Crippen LogP contribution < -0.4 is 0 Å².